The average Bonchev–Trinajstić information content (AvgIpc) is 2.71. The van der Waals surface area contributed by atoms with E-state index in [1.165, 1.54) is 12.1 Å². The molecule has 1 heterocycles. The van der Waals surface area contributed by atoms with Crippen molar-refractivity contribution in [3.8, 4) is 29.4 Å². The number of aromatic nitrogens is 1. The number of amides is 1. The molecule has 0 aliphatic heterocycles. The summed E-state index contributed by atoms with van der Waals surface area (Å²) in [7, 11) is 0. The molecule has 3 aromatic rings. The van der Waals surface area contributed by atoms with Crippen molar-refractivity contribution in [1.29, 1.82) is 0 Å². The Bertz CT molecular complexity index is 1210. The van der Waals surface area contributed by atoms with Crippen molar-refractivity contribution in [3.05, 3.63) is 75.4 Å². The van der Waals surface area contributed by atoms with Gasteiger partial charge in [0.2, 0.25) is 5.88 Å². The molecule has 0 radical (unpaired) electrons. The number of rotatable bonds is 5. The Morgan fingerprint density at radius 1 is 1.10 bits per heavy atom. The number of carbonyl (C=O) groups is 1. The van der Waals surface area contributed by atoms with Crippen LogP contribution in [-0.2, 0) is 0 Å². The zero-order valence-electron chi connectivity index (χ0n) is 15.2. The first kappa shape index (κ1) is 22.4. The minimum absolute atomic E-state index is 0.0206. The Kier molecular flexibility index (Phi) is 6.68. The van der Waals surface area contributed by atoms with Crippen molar-refractivity contribution in [2.45, 2.75) is 6.61 Å². The Balaban J connectivity index is 1.89. The number of nitrogens with one attached hydrogen (secondary N) is 1. The van der Waals surface area contributed by atoms with E-state index in [-0.39, 0.29) is 38.0 Å². The third-order valence-corrected chi connectivity index (χ3v) is 4.58. The molecule has 1 aromatic heterocycles. The van der Waals surface area contributed by atoms with Gasteiger partial charge in [0.05, 0.1) is 22.5 Å². The fourth-order valence-electron chi connectivity index (χ4n) is 2.66. The molecule has 0 spiro atoms. The molecule has 0 aliphatic rings. The summed E-state index contributed by atoms with van der Waals surface area (Å²) in [5, 5.41) is 1.99. The molecule has 4 nitrogen and oxygen atoms in total. The molecule has 0 atom stereocenters. The zero-order valence-corrected chi connectivity index (χ0v) is 16.7. The van der Waals surface area contributed by atoms with Gasteiger partial charge in [-0.3, -0.25) is 4.79 Å². The highest BCUT2D eigenvalue weighted by Crippen LogP contribution is 2.32. The van der Waals surface area contributed by atoms with E-state index >= 15 is 0 Å². The van der Waals surface area contributed by atoms with Gasteiger partial charge in [-0.2, -0.15) is 8.78 Å². The van der Waals surface area contributed by atoms with Gasteiger partial charge in [-0.25, -0.2) is 13.8 Å². The van der Waals surface area contributed by atoms with Crippen LogP contribution in [0.2, 0.25) is 10.0 Å². The second-order valence-electron chi connectivity index (χ2n) is 5.99. The highest BCUT2D eigenvalue weighted by atomic mass is 35.5. The lowest BCUT2D eigenvalue weighted by atomic mass is 9.98. The van der Waals surface area contributed by atoms with Crippen LogP contribution in [0.25, 0.3) is 11.1 Å². The van der Waals surface area contributed by atoms with Crippen molar-refractivity contribution in [1.82, 2.24) is 4.98 Å². The minimum Gasteiger partial charge on any atom is -0.415 e. The summed E-state index contributed by atoms with van der Waals surface area (Å²) in [4.78, 5) is 16.1. The van der Waals surface area contributed by atoms with Crippen LogP contribution < -0.4 is 10.1 Å². The molecule has 0 fully saturated rings. The minimum atomic E-state index is -3.12. The monoisotopic (exact) mass is 468 g/mol. The first-order valence-corrected chi connectivity index (χ1v) is 9.12. The van der Waals surface area contributed by atoms with Gasteiger partial charge < -0.3 is 10.1 Å². The summed E-state index contributed by atoms with van der Waals surface area (Å²) >= 11 is 11.9. The molecule has 1 N–H and O–H groups in total. The summed E-state index contributed by atoms with van der Waals surface area (Å²) in [6.45, 7) is -3.12. The second-order valence-corrected chi connectivity index (χ2v) is 6.80. The number of hydrogen-bond donors (Lipinski definition) is 1. The second kappa shape index (κ2) is 9.25. The maximum absolute atomic E-state index is 14.7. The van der Waals surface area contributed by atoms with Gasteiger partial charge in [0.25, 0.3) is 5.91 Å². The van der Waals surface area contributed by atoms with Crippen LogP contribution in [0.3, 0.4) is 0 Å². The standard InChI is InChI=1S/C21H10Cl2F4N2O2/c1-2-10-5-11(24)3-4-13(10)14-7-16(22)15(8-18(14)25)19(30)29-12-6-17(23)20(28-9-12)31-21(26)27/h1,3-9,21H,(H,29,30). The Morgan fingerprint density at radius 2 is 1.84 bits per heavy atom. The maximum Gasteiger partial charge on any atom is 0.388 e. The predicted octanol–water partition coefficient (Wildman–Crippen LogP) is 6.17. The van der Waals surface area contributed by atoms with Gasteiger partial charge in [0.15, 0.2) is 0 Å². The lowest BCUT2D eigenvalue weighted by molar-refractivity contribution is -0.0527. The molecule has 1 amide bonds. The highest BCUT2D eigenvalue weighted by molar-refractivity contribution is 6.35. The van der Waals surface area contributed by atoms with Gasteiger partial charge in [0, 0.05) is 16.7 Å². The lowest BCUT2D eigenvalue weighted by Gasteiger charge is -2.12. The number of benzene rings is 2. The number of anilines is 1. The molecule has 0 aliphatic carbocycles. The van der Waals surface area contributed by atoms with E-state index in [1.807, 2.05) is 0 Å². The normalized spacial score (nSPS) is 10.6. The molecule has 0 bridgehead atoms. The molecule has 31 heavy (non-hydrogen) atoms. The van der Waals surface area contributed by atoms with E-state index in [2.05, 4.69) is 21.0 Å². The maximum atomic E-state index is 14.7. The number of pyridine rings is 1. The summed E-state index contributed by atoms with van der Waals surface area (Å²) in [6, 6.07) is 6.69. The first-order valence-electron chi connectivity index (χ1n) is 8.37. The molecule has 158 valence electrons. The van der Waals surface area contributed by atoms with E-state index < -0.39 is 30.0 Å². The number of carbonyl (C=O) groups excluding carboxylic acids is 1. The van der Waals surface area contributed by atoms with Crippen molar-refractivity contribution in [2.24, 2.45) is 0 Å². The summed E-state index contributed by atoms with van der Waals surface area (Å²) in [5.74, 6) is -0.478. The SMILES string of the molecule is C#Cc1cc(F)ccc1-c1cc(Cl)c(C(=O)Nc2cnc(OC(F)F)c(Cl)c2)cc1F. The number of alkyl halides is 2. The summed E-state index contributed by atoms with van der Waals surface area (Å²) < 4.78 is 56.8. The molecule has 10 heteroatoms. The van der Waals surface area contributed by atoms with E-state index in [0.29, 0.717) is 0 Å². The average molecular weight is 469 g/mol. The van der Waals surface area contributed by atoms with E-state index in [1.54, 1.807) is 0 Å². The number of terminal acetylenes is 1. The number of nitrogens with zero attached hydrogens (tertiary/aromatic N) is 1. The van der Waals surface area contributed by atoms with Gasteiger partial charge in [0.1, 0.15) is 16.7 Å². The molecule has 0 saturated carbocycles. The van der Waals surface area contributed by atoms with Crippen molar-refractivity contribution < 1.29 is 27.1 Å². The number of hydrogen-bond acceptors (Lipinski definition) is 3. The third kappa shape index (κ3) is 5.08. The van der Waals surface area contributed by atoms with Crippen LogP contribution in [0.1, 0.15) is 15.9 Å². The van der Waals surface area contributed by atoms with Crippen molar-refractivity contribution >= 4 is 34.8 Å². The molecular formula is C21H10Cl2F4N2O2. The first-order chi connectivity index (χ1) is 14.7. The number of halogens is 6. The van der Waals surface area contributed by atoms with E-state index in [9.17, 15) is 22.4 Å². The Labute approximate surface area is 183 Å². The molecular weight excluding hydrogens is 459 g/mol. The highest BCUT2D eigenvalue weighted by Gasteiger charge is 2.19. The van der Waals surface area contributed by atoms with E-state index in [0.717, 1.165) is 30.5 Å². The van der Waals surface area contributed by atoms with Crippen molar-refractivity contribution in [3.63, 3.8) is 0 Å². The van der Waals surface area contributed by atoms with Gasteiger partial charge >= 0.3 is 6.61 Å². The van der Waals surface area contributed by atoms with Crippen LogP contribution in [-0.4, -0.2) is 17.5 Å². The molecule has 0 unspecified atom stereocenters. The van der Waals surface area contributed by atoms with Crippen LogP contribution in [0.15, 0.2) is 42.6 Å². The molecule has 3 rings (SSSR count). The van der Waals surface area contributed by atoms with Gasteiger partial charge in [-0.1, -0.05) is 35.2 Å². The predicted molar refractivity (Wildman–Crippen MR) is 109 cm³/mol. The topological polar surface area (TPSA) is 51.2 Å². The third-order valence-electron chi connectivity index (χ3n) is 3.99. The molecule has 2 aromatic carbocycles. The number of ether oxygens (including phenoxy) is 1. The smallest absolute Gasteiger partial charge is 0.388 e. The largest absolute Gasteiger partial charge is 0.415 e. The lowest BCUT2D eigenvalue weighted by Crippen LogP contribution is -2.14. The Hall–Kier alpha value is -3.28. The van der Waals surface area contributed by atoms with Gasteiger partial charge in [-0.05, 0) is 30.3 Å². The fraction of sp³-hybridized carbons (Fsp3) is 0.0476. The molecule has 0 saturated heterocycles. The van der Waals surface area contributed by atoms with Crippen LogP contribution in [0.4, 0.5) is 23.2 Å². The zero-order chi connectivity index (χ0) is 22.7. The van der Waals surface area contributed by atoms with Gasteiger partial charge in [-0.15, -0.1) is 6.42 Å². The fourth-order valence-corrected chi connectivity index (χ4v) is 3.12. The van der Waals surface area contributed by atoms with Crippen molar-refractivity contribution in [2.75, 3.05) is 5.32 Å². The summed E-state index contributed by atoms with van der Waals surface area (Å²) in [5.41, 5.74) is 0.120. The van der Waals surface area contributed by atoms with Crippen LogP contribution in [0.5, 0.6) is 5.88 Å². The van der Waals surface area contributed by atoms with Crippen LogP contribution >= 0.6 is 23.2 Å². The summed E-state index contributed by atoms with van der Waals surface area (Å²) in [6.07, 6.45) is 6.38. The van der Waals surface area contributed by atoms with Crippen LogP contribution in [0, 0.1) is 24.0 Å². The quantitative estimate of drug-likeness (QED) is 0.359. The Morgan fingerprint density at radius 3 is 2.48 bits per heavy atom. The van der Waals surface area contributed by atoms with E-state index in [4.69, 9.17) is 29.6 Å².